The number of hydrogen-bond donors (Lipinski definition) is 1. The first-order valence-corrected chi connectivity index (χ1v) is 13.2. The molecule has 0 aliphatic carbocycles. The first kappa shape index (κ1) is 26.1. The van der Waals surface area contributed by atoms with Crippen LogP contribution in [-0.4, -0.2) is 68.7 Å². The summed E-state index contributed by atoms with van der Waals surface area (Å²) in [7, 11) is -3.66. The minimum absolute atomic E-state index is 0.00155. The minimum atomic E-state index is -3.66. The van der Waals surface area contributed by atoms with Crippen LogP contribution in [0.25, 0.3) is 0 Å². The Hall–Kier alpha value is -2.13. The van der Waals surface area contributed by atoms with Gasteiger partial charge in [-0.25, -0.2) is 8.42 Å². The maximum atomic E-state index is 13.0. The number of benzene rings is 1. The van der Waals surface area contributed by atoms with E-state index >= 15 is 0 Å². The molecule has 9 heteroatoms. The van der Waals surface area contributed by atoms with Gasteiger partial charge in [0.2, 0.25) is 21.8 Å². The zero-order valence-electron chi connectivity index (χ0n) is 19.9. The van der Waals surface area contributed by atoms with E-state index in [0.717, 1.165) is 31.4 Å². The Labute approximate surface area is 193 Å². The van der Waals surface area contributed by atoms with Crippen molar-refractivity contribution in [1.82, 2.24) is 9.21 Å². The molecule has 1 saturated heterocycles. The van der Waals surface area contributed by atoms with Crippen LogP contribution in [-0.2, 0) is 19.6 Å². The molecule has 1 aliphatic heterocycles. The molecule has 1 N–H and O–H groups in total. The van der Waals surface area contributed by atoms with Gasteiger partial charge in [-0.15, -0.1) is 0 Å². The summed E-state index contributed by atoms with van der Waals surface area (Å²) < 4.78 is 27.5. The van der Waals surface area contributed by atoms with Gasteiger partial charge in [-0.1, -0.05) is 26.7 Å². The monoisotopic (exact) mass is 466 g/mol. The summed E-state index contributed by atoms with van der Waals surface area (Å²) in [6.45, 7) is 10.3. The van der Waals surface area contributed by atoms with Crippen LogP contribution in [0.2, 0.25) is 0 Å². The van der Waals surface area contributed by atoms with Crippen LogP contribution >= 0.6 is 0 Å². The van der Waals surface area contributed by atoms with Crippen molar-refractivity contribution in [2.75, 3.05) is 49.5 Å². The van der Waals surface area contributed by atoms with E-state index in [1.807, 2.05) is 13.8 Å². The molecule has 1 heterocycles. The van der Waals surface area contributed by atoms with Crippen molar-refractivity contribution in [3.8, 4) is 0 Å². The Bertz CT molecular complexity index is 880. The van der Waals surface area contributed by atoms with E-state index in [0.29, 0.717) is 44.8 Å². The zero-order chi connectivity index (χ0) is 23.7. The number of carbonyl (C=O) groups excluding carboxylic acids is 2. The lowest BCUT2D eigenvalue weighted by Gasteiger charge is -2.27. The summed E-state index contributed by atoms with van der Waals surface area (Å²) in [4.78, 5) is 29.1. The number of likely N-dealkylation sites (tertiary alicyclic amines) is 1. The van der Waals surface area contributed by atoms with Crippen LogP contribution in [0.5, 0.6) is 0 Å². The molecule has 32 heavy (non-hydrogen) atoms. The number of carbonyl (C=O) groups is 2. The first-order chi connectivity index (χ1) is 15.3. The number of nitrogens with one attached hydrogen (secondary N) is 1. The summed E-state index contributed by atoms with van der Waals surface area (Å²) in [5, 5.41) is 2.89. The van der Waals surface area contributed by atoms with Crippen LogP contribution in [0.1, 0.15) is 59.8 Å². The van der Waals surface area contributed by atoms with Crippen molar-refractivity contribution in [3.05, 3.63) is 18.2 Å². The van der Waals surface area contributed by atoms with E-state index in [1.54, 1.807) is 30.9 Å². The molecule has 0 saturated carbocycles. The number of anilines is 2. The summed E-state index contributed by atoms with van der Waals surface area (Å²) in [6.07, 6.45) is 4.32. The Balaban J connectivity index is 2.33. The molecule has 0 atom stereocenters. The second kappa shape index (κ2) is 12.2. The summed E-state index contributed by atoms with van der Waals surface area (Å²) in [5.41, 5.74) is 1.22. The van der Waals surface area contributed by atoms with Gasteiger partial charge in [0.15, 0.2) is 0 Å². The zero-order valence-corrected chi connectivity index (χ0v) is 20.7. The van der Waals surface area contributed by atoms with Crippen LogP contribution in [0, 0.1) is 0 Å². The van der Waals surface area contributed by atoms with Crippen LogP contribution in [0.3, 0.4) is 0 Å². The molecular weight excluding hydrogens is 428 g/mol. The number of rotatable bonds is 10. The minimum Gasteiger partial charge on any atom is -0.370 e. The lowest BCUT2D eigenvalue weighted by Crippen LogP contribution is -2.39. The van der Waals surface area contributed by atoms with Gasteiger partial charge in [0, 0.05) is 39.1 Å². The third-order valence-electron chi connectivity index (χ3n) is 5.95. The van der Waals surface area contributed by atoms with Crippen LogP contribution in [0.4, 0.5) is 11.4 Å². The Morgan fingerprint density at radius 2 is 1.66 bits per heavy atom. The van der Waals surface area contributed by atoms with Crippen molar-refractivity contribution in [2.45, 2.75) is 64.7 Å². The molecule has 180 valence electrons. The highest BCUT2D eigenvalue weighted by Gasteiger charge is 2.25. The van der Waals surface area contributed by atoms with Crippen molar-refractivity contribution >= 4 is 33.2 Å². The summed E-state index contributed by atoms with van der Waals surface area (Å²) >= 11 is 0. The number of sulfonamides is 1. The number of nitrogens with zero attached hydrogens (tertiary/aromatic N) is 3. The van der Waals surface area contributed by atoms with Crippen molar-refractivity contribution in [2.24, 2.45) is 0 Å². The second-order valence-electron chi connectivity index (χ2n) is 7.97. The molecule has 2 amide bonds. The molecule has 0 bridgehead atoms. The van der Waals surface area contributed by atoms with Crippen LogP contribution in [0.15, 0.2) is 23.1 Å². The first-order valence-electron chi connectivity index (χ1n) is 11.7. The smallest absolute Gasteiger partial charge is 0.244 e. The van der Waals surface area contributed by atoms with Crippen molar-refractivity contribution < 1.29 is 18.0 Å². The molecule has 0 spiro atoms. The quantitative estimate of drug-likeness (QED) is 0.571. The third kappa shape index (κ3) is 6.45. The lowest BCUT2D eigenvalue weighted by atomic mass is 10.1. The fourth-order valence-corrected chi connectivity index (χ4v) is 5.56. The van der Waals surface area contributed by atoms with Crippen molar-refractivity contribution in [1.29, 1.82) is 0 Å². The molecule has 8 nitrogen and oxygen atoms in total. The fraction of sp³-hybridized carbons (Fsp3) is 0.652. The molecule has 0 radical (unpaired) electrons. The van der Waals surface area contributed by atoms with Gasteiger partial charge in [0.25, 0.3) is 0 Å². The molecule has 2 rings (SSSR count). The van der Waals surface area contributed by atoms with E-state index in [2.05, 4.69) is 10.2 Å². The fourth-order valence-electron chi connectivity index (χ4n) is 4.07. The van der Waals surface area contributed by atoms with E-state index in [9.17, 15) is 18.0 Å². The van der Waals surface area contributed by atoms with Gasteiger partial charge >= 0.3 is 0 Å². The molecule has 1 aromatic carbocycles. The van der Waals surface area contributed by atoms with Gasteiger partial charge < -0.3 is 15.1 Å². The van der Waals surface area contributed by atoms with Gasteiger partial charge in [-0.2, -0.15) is 4.31 Å². The van der Waals surface area contributed by atoms with Gasteiger partial charge in [0.05, 0.1) is 22.8 Å². The lowest BCUT2D eigenvalue weighted by molar-refractivity contribution is -0.135. The van der Waals surface area contributed by atoms with E-state index in [1.165, 1.54) is 10.4 Å². The average molecular weight is 467 g/mol. The number of hydrogen-bond acceptors (Lipinski definition) is 5. The molecular formula is C23H38N4O4S. The summed E-state index contributed by atoms with van der Waals surface area (Å²) in [6, 6.07) is 4.88. The van der Waals surface area contributed by atoms with Crippen molar-refractivity contribution in [3.63, 3.8) is 0 Å². The maximum absolute atomic E-state index is 13.0. The standard InChI is InChI=1S/C23H38N4O4S/c1-5-25(6-2)21-15-14-19(32(30,31)27(7-3)8-4)17-20(21)24-22(28)18-26-16-12-10-9-11-13-23(26)29/h14-15,17H,5-13,16,18H2,1-4H3,(H,24,28). The van der Waals surface area contributed by atoms with Crippen LogP contribution < -0.4 is 10.2 Å². The topological polar surface area (TPSA) is 90.0 Å². The normalized spacial score (nSPS) is 15.4. The molecule has 1 aliphatic rings. The highest BCUT2D eigenvalue weighted by Crippen LogP contribution is 2.30. The third-order valence-corrected chi connectivity index (χ3v) is 7.99. The van der Waals surface area contributed by atoms with E-state index in [-0.39, 0.29) is 23.3 Å². The SMILES string of the molecule is CCN(CC)c1ccc(S(=O)(=O)N(CC)CC)cc1NC(=O)CN1CCCCCCC1=O. The van der Waals surface area contributed by atoms with Gasteiger partial charge in [-0.3, -0.25) is 9.59 Å². The maximum Gasteiger partial charge on any atom is 0.244 e. The molecule has 0 aromatic heterocycles. The number of amides is 2. The van der Waals surface area contributed by atoms with E-state index in [4.69, 9.17) is 0 Å². The van der Waals surface area contributed by atoms with Gasteiger partial charge in [0.1, 0.15) is 0 Å². The molecule has 1 aromatic rings. The predicted octanol–water partition coefficient (Wildman–Crippen LogP) is 3.29. The predicted molar refractivity (Wildman–Crippen MR) is 128 cm³/mol. The molecule has 0 unspecified atom stereocenters. The second-order valence-corrected chi connectivity index (χ2v) is 9.91. The summed E-state index contributed by atoms with van der Waals surface area (Å²) in [5.74, 6) is -0.314. The average Bonchev–Trinajstić information content (AvgIpc) is 2.76. The highest BCUT2D eigenvalue weighted by molar-refractivity contribution is 7.89. The molecule has 1 fully saturated rings. The Kier molecular flexibility index (Phi) is 9.96. The highest BCUT2D eigenvalue weighted by atomic mass is 32.2. The Morgan fingerprint density at radius 3 is 2.28 bits per heavy atom. The van der Waals surface area contributed by atoms with Gasteiger partial charge in [-0.05, 0) is 44.9 Å². The largest absolute Gasteiger partial charge is 0.370 e. The van der Waals surface area contributed by atoms with E-state index < -0.39 is 10.0 Å². The Morgan fingerprint density at radius 1 is 1.00 bits per heavy atom.